The Morgan fingerprint density at radius 1 is 1.37 bits per heavy atom. The molecule has 100 valence electrons. The maximum absolute atomic E-state index is 13.6. The average Bonchev–Trinajstić information content (AvgIpc) is 2.85. The summed E-state index contributed by atoms with van der Waals surface area (Å²) in [6, 6.07) is 4.38. The Hall–Kier alpha value is -2.42. The van der Waals surface area contributed by atoms with Gasteiger partial charge in [0.2, 0.25) is 0 Å². The van der Waals surface area contributed by atoms with Gasteiger partial charge >= 0.3 is 5.97 Å². The van der Waals surface area contributed by atoms with Gasteiger partial charge in [-0.25, -0.2) is 9.18 Å². The topological polar surface area (TPSA) is 112 Å². The molecule has 2 aromatic rings. The summed E-state index contributed by atoms with van der Waals surface area (Å²) in [5.74, 6) is -2.43. The fourth-order valence-electron chi connectivity index (χ4n) is 1.39. The van der Waals surface area contributed by atoms with Gasteiger partial charge in [0.15, 0.2) is 5.03 Å². The number of aromatic carboxylic acids is 1. The second-order valence-electron chi connectivity index (χ2n) is 3.49. The standard InChI is InChI=1S/C10H8FN3O4S/c11-7-3-1-2-6(10(15)16)9(7)14-19(17,18)8-4-5-12-13-8/h1-5,14H,(H,12,13)(H,15,16). The number of halogens is 1. The molecule has 0 radical (unpaired) electrons. The van der Waals surface area contributed by atoms with E-state index >= 15 is 0 Å². The molecule has 7 nitrogen and oxygen atoms in total. The van der Waals surface area contributed by atoms with Crippen molar-refractivity contribution < 1.29 is 22.7 Å². The van der Waals surface area contributed by atoms with E-state index in [1.807, 2.05) is 4.72 Å². The first-order chi connectivity index (χ1) is 8.92. The monoisotopic (exact) mass is 285 g/mol. The lowest BCUT2D eigenvalue weighted by Gasteiger charge is -2.09. The van der Waals surface area contributed by atoms with Crippen LogP contribution in [0.3, 0.4) is 0 Å². The molecule has 1 aromatic carbocycles. The predicted molar refractivity (Wildman–Crippen MR) is 62.8 cm³/mol. The zero-order valence-electron chi connectivity index (χ0n) is 9.29. The number of hydrogen-bond acceptors (Lipinski definition) is 4. The first kappa shape index (κ1) is 13.0. The minimum absolute atomic E-state index is 0.299. The van der Waals surface area contributed by atoms with Crippen LogP contribution in [0.25, 0.3) is 0 Å². The van der Waals surface area contributed by atoms with E-state index in [4.69, 9.17) is 5.11 Å². The number of hydrogen-bond donors (Lipinski definition) is 3. The molecule has 0 aliphatic heterocycles. The fraction of sp³-hybridized carbons (Fsp3) is 0. The summed E-state index contributed by atoms with van der Waals surface area (Å²) in [4.78, 5) is 10.9. The molecular weight excluding hydrogens is 277 g/mol. The van der Waals surface area contributed by atoms with Crippen LogP contribution in [0.15, 0.2) is 35.5 Å². The Morgan fingerprint density at radius 3 is 2.68 bits per heavy atom. The summed E-state index contributed by atoms with van der Waals surface area (Å²) in [5, 5.41) is 14.2. The number of aromatic amines is 1. The van der Waals surface area contributed by atoms with Crippen LogP contribution in [0.4, 0.5) is 10.1 Å². The number of nitrogens with one attached hydrogen (secondary N) is 2. The third-order valence-electron chi connectivity index (χ3n) is 2.25. The molecule has 0 fully saturated rings. The van der Waals surface area contributed by atoms with Crippen LogP contribution < -0.4 is 4.72 Å². The molecule has 0 saturated carbocycles. The van der Waals surface area contributed by atoms with E-state index in [1.54, 1.807) is 0 Å². The highest BCUT2D eigenvalue weighted by Crippen LogP contribution is 2.22. The van der Waals surface area contributed by atoms with E-state index in [9.17, 15) is 17.6 Å². The Labute approximate surface area is 107 Å². The van der Waals surface area contributed by atoms with Gasteiger partial charge in [-0.05, 0) is 18.2 Å². The van der Waals surface area contributed by atoms with Crippen molar-refractivity contribution in [2.45, 2.75) is 5.03 Å². The van der Waals surface area contributed by atoms with Crippen LogP contribution in [0.2, 0.25) is 0 Å². The second kappa shape index (κ2) is 4.69. The summed E-state index contributed by atoms with van der Waals surface area (Å²) in [6.45, 7) is 0. The third-order valence-corrected chi connectivity index (χ3v) is 3.52. The molecule has 2 rings (SSSR count). The van der Waals surface area contributed by atoms with Crippen molar-refractivity contribution in [2.75, 3.05) is 4.72 Å². The summed E-state index contributed by atoms with van der Waals surface area (Å²) < 4.78 is 39.1. The van der Waals surface area contributed by atoms with Crippen molar-refractivity contribution in [3.05, 3.63) is 41.8 Å². The molecule has 0 aliphatic rings. The van der Waals surface area contributed by atoms with Gasteiger partial charge in [-0.2, -0.15) is 13.5 Å². The number of H-pyrrole nitrogens is 1. The Balaban J connectivity index is 2.48. The van der Waals surface area contributed by atoms with Gasteiger partial charge in [0.25, 0.3) is 10.0 Å². The van der Waals surface area contributed by atoms with E-state index in [2.05, 4.69) is 10.2 Å². The Kier molecular flexibility index (Phi) is 3.21. The first-order valence-electron chi connectivity index (χ1n) is 4.96. The zero-order valence-corrected chi connectivity index (χ0v) is 10.1. The van der Waals surface area contributed by atoms with Crippen molar-refractivity contribution in [3.63, 3.8) is 0 Å². The van der Waals surface area contributed by atoms with Gasteiger partial charge in [-0.1, -0.05) is 6.07 Å². The lowest BCUT2D eigenvalue weighted by atomic mass is 10.2. The minimum atomic E-state index is -4.12. The van der Waals surface area contributed by atoms with Crippen LogP contribution in [0.1, 0.15) is 10.4 Å². The fourth-order valence-corrected chi connectivity index (χ4v) is 2.39. The summed E-state index contributed by atoms with van der Waals surface area (Å²) in [7, 11) is -4.12. The molecule has 9 heteroatoms. The molecule has 0 amide bonds. The van der Waals surface area contributed by atoms with Crippen LogP contribution in [-0.2, 0) is 10.0 Å². The van der Waals surface area contributed by atoms with Gasteiger partial charge in [-0.3, -0.25) is 9.82 Å². The number of anilines is 1. The van der Waals surface area contributed by atoms with Crippen LogP contribution in [0.5, 0.6) is 0 Å². The zero-order chi connectivity index (χ0) is 14.0. The molecule has 0 unspecified atom stereocenters. The van der Waals surface area contributed by atoms with Gasteiger partial charge < -0.3 is 5.11 Å². The van der Waals surface area contributed by atoms with Crippen molar-refractivity contribution in [1.82, 2.24) is 10.2 Å². The van der Waals surface area contributed by atoms with E-state index in [1.165, 1.54) is 12.3 Å². The van der Waals surface area contributed by atoms with Crippen LogP contribution in [0, 0.1) is 5.82 Å². The number of carboxylic acid groups (broad SMARTS) is 1. The molecular formula is C10H8FN3O4S. The molecule has 1 aromatic heterocycles. The lowest BCUT2D eigenvalue weighted by Crippen LogP contribution is -2.17. The molecule has 0 aliphatic carbocycles. The molecule has 3 N–H and O–H groups in total. The molecule has 0 atom stereocenters. The summed E-state index contributed by atoms with van der Waals surface area (Å²) in [6.07, 6.45) is 1.20. The highest BCUT2D eigenvalue weighted by atomic mass is 32.2. The Morgan fingerprint density at radius 2 is 2.11 bits per heavy atom. The normalized spacial score (nSPS) is 11.2. The van der Waals surface area contributed by atoms with E-state index in [0.717, 1.165) is 18.2 Å². The van der Waals surface area contributed by atoms with Crippen molar-refractivity contribution in [1.29, 1.82) is 0 Å². The molecule has 0 spiro atoms. The number of nitrogens with zero attached hydrogens (tertiary/aromatic N) is 1. The SMILES string of the molecule is O=C(O)c1cccc(F)c1NS(=O)(=O)c1ccn[nH]1. The van der Waals surface area contributed by atoms with Crippen molar-refractivity contribution in [3.8, 4) is 0 Å². The van der Waals surface area contributed by atoms with Gasteiger partial charge in [0.1, 0.15) is 5.82 Å². The molecule has 1 heterocycles. The highest BCUT2D eigenvalue weighted by Gasteiger charge is 2.22. The van der Waals surface area contributed by atoms with E-state index in [-0.39, 0.29) is 5.03 Å². The lowest BCUT2D eigenvalue weighted by molar-refractivity contribution is 0.0697. The molecule has 0 saturated heterocycles. The van der Waals surface area contributed by atoms with Crippen LogP contribution in [-0.4, -0.2) is 29.7 Å². The maximum Gasteiger partial charge on any atom is 0.337 e. The quantitative estimate of drug-likeness (QED) is 0.777. The number of benzene rings is 1. The maximum atomic E-state index is 13.6. The first-order valence-corrected chi connectivity index (χ1v) is 6.44. The number of carbonyl (C=O) groups is 1. The highest BCUT2D eigenvalue weighted by molar-refractivity contribution is 7.92. The minimum Gasteiger partial charge on any atom is -0.478 e. The van der Waals surface area contributed by atoms with Gasteiger partial charge in [-0.15, -0.1) is 0 Å². The average molecular weight is 285 g/mol. The van der Waals surface area contributed by atoms with Crippen molar-refractivity contribution >= 4 is 21.7 Å². The van der Waals surface area contributed by atoms with E-state index in [0.29, 0.717) is 0 Å². The van der Waals surface area contributed by atoms with Crippen molar-refractivity contribution in [2.24, 2.45) is 0 Å². The number of aromatic nitrogens is 2. The molecule has 0 bridgehead atoms. The second-order valence-corrected chi connectivity index (χ2v) is 5.14. The Bertz CT molecular complexity index is 712. The number of carboxylic acids is 1. The number of para-hydroxylation sites is 1. The largest absolute Gasteiger partial charge is 0.478 e. The third kappa shape index (κ3) is 2.55. The number of rotatable bonds is 4. The summed E-state index contributed by atoms with van der Waals surface area (Å²) >= 11 is 0. The smallest absolute Gasteiger partial charge is 0.337 e. The van der Waals surface area contributed by atoms with Gasteiger partial charge in [0, 0.05) is 0 Å². The summed E-state index contributed by atoms with van der Waals surface area (Å²) in [5.41, 5.74) is -1.10. The van der Waals surface area contributed by atoms with Gasteiger partial charge in [0.05, 0.1) is 17.4 Å². The number of sulfonamides is 1. The van der Waals surface area contributed by atoms with E-state index < -0.39 is 33.1 Å². The van der Waals surface area contributed by atoms with Crippen LogP contribution >= 0.6 is 0 Å². The predicted octanol–water partition coefficient (Wildman–Crippen LogP) is 1.05. The molecule has 19 heavy (non-hydrogen) atoms.